The standard InChI is InChI=1S/C11H15N6O13P3.B/c12-3-13-11-15-9-8(10(19)16-11)14-4-17(9)7-1-5(18)6(28-7)2-27-32(23,24)30-33(25,26)29-31(20,21)22;/h4-7,18H,1-2H2,(H,23,24)(H,25,26)(H2,20,21,22)(H2,13,15,16,19);/t5-,6+,7+;/m0./s1. The SMILES string of the molecule is N#CNc1nc2c(ncn2[C@H]2C[C@H](O)[C@@H](COP(=O)(O)OP(=O)(O)OP(=O)(O)O)O2)c(=O)[nH]1.[B]. The van der Waals surface area contributed by atoms with Crippen molar-refractivity contribution in [2.24, 2.45) is 0 Å². The van der Waals surface area contributed by atoms with Gasteiger partial charge in [-0.15, -0.1) is 0 Å². The van der Waals surface area contributed by atoms with E-state index in [1.54, 1.807) is 6.19 Å². The summed E-state index contributed by atoms with van der Waals surface area (Å²) in [6.45, 7) is -0.872. The van der Waals surface area contributed by atoms with E-state index < -0.39 is 54.1 Å². The number of ether oxygens (including phenoxy) is 1. The first-order valence-corrected chi connectivity index (χ1v) is 13.0. The van der Waals surface area contributed by atoms with Gasteiger partial charge in [0, 0.05) is 14.8 Å². The number of H-pyrrole nitrogens is 1. The van der Waals surface area contributed by atoms with E-state index in [1.807, 2.05) is 0 Å². The molecule has 23 heteroatoms. The highest BCUT2D eigenvalue weighted by Gasteiger charge is 2.43. The van der Waals surface area contributed by atoms with E-state index in [4.69, 9.17) is 24.7 Å². The Morgan fingerprint density at radius 3 is 2.56 bits per heavy atom. The van der Waals surface area contributed by atoms with Gasteiger partial charge in [0.25, 0.3) is 5.56 Å². The number of aliphatic hydroxyl groups is 1. The molecule has 0 saturated carbocycles. The molecule has 0 aromatic carbocycles. The summed E-state index contributed by atoms with van der Waals surface area (Å²) in [6, 6.07) is 0. The summed E-state index contributed by atoms with van der Waals surface area (Å²) in [5.41, 5.74) is -0.783. The van der Waals surface area contributed by atoms with E-state index in [0.29, 0.717) is 0 Å². The van der Waals surface area contributed by atoms with Gasteiger partial charge in [0.1, 0.15) is 12.3 Å². The van der Waals surface area contributed by atoms with Crippen LogP contribution in [0.3, 0.4) is 0 Å². The normalized spacial score (nSPS) is 24.1. The van der Waals surface area contributed by atoms with E-state index in [9.17, 15) is 28.5 Å². The summed E-state index contributed by atoms with van der Waals surface area (Å²) < 4.78 is 52.2. The van der Waals surface area contributed by atoms with Crippen LogP contribution in [0.1, 0.15) is 12.6 Å². The minimum absolute atomic E-state index is 0. The molecule has 3 rings (SSSR count). The molecule has 5 atom stereocenters. The third-order valence-corrected chi connectivity index (χ3v) is 7.74. The predicted octanol–water partition coefficient (Wildman–Crippen LogP) is -1.38. The first kappa shape index (κ1) is 28.3. The Balaban J connectivity index is 0.00000408. The molecular formula is C11H15BN6O13P3. The van der Waals surface area contributed by atoms with E-state index in [2.05, 4.69) is 33.4 Å². The molecule has 19 nitrogen and oxygen atoms in total. The Labute approximate surface area is 190 Å². The highest BCUT2D eigenvalue weighted by Crippen LogP contribution is 2.66. The zero-order chi connectivity index (χ0) is 24.6. The number of phosphoric ester groups is 1. The van der Waals surface area contributed by atoms with Gasteiger partial charge < -0.3 is 29.4 Å². The zero-order valence-electron chi connectivity index (χ0n) is 16.4. The molecule has 1 saturated heterocycles. The second-order valence-electron chi connectivity index (χ2n) is 6.29. The van der Waals surface area contributed by atoms with Gasteiger partial charge in [-0.3, -0.25) is 24.2 Å². The van der Waals surface area contributed by atoms with Crippen LogP contribution in [0.25, 0.3) is 11.2 Å². The lowest BCUT2D eigenvalue weighted by atomic mass is 10.2. The Hall–Kier alpha value is -1.97. The monoisotopic (exact) mass is 543 g/mol. The molecule has 7 N–H and O–H groups in total. The number of hydrogen-bond acceptors (Lipinski definition) is 13. The second kappa shape index (κ2) is 10.3. The summed E-state index contributed by atoms with van der Waals surface area (Å²) in [5, 5.41) is 21.0. The van der Waals surface area contributed by atoms with E-state index >= 15 is 0 Å². The zero-order valence-corrected chi connectivity index (χ0v) is 19.1. The molecule has 3 radical (unpaired) electrons. The van der Waals surface area contributed by atoms with Gasteiger partial charge in [0.05, 0.1) is 19.0 Å². The van der Waals surface area contributed by atoms with Crippen LogP contribution in [0.4, 0.5) is 5.95 Å². The van der Waals surface area contributed by atoms with Crippen LogP contribution in [0, 0.1) is 11.5 Å². The molecule has 1 aliphatic rings. The smallest absolute Gasteiger partial charge is 0.390 e. The summed E-state index contributed by atoms with van der Waals surface area (Å²) in [7, 11) is -16.6. The number of hydrogen-bond donors (Lipinski definition) is 7. The van der Waals surface area contributed by atoms with Crippen molar-refractivity contribution in [1.29, 1.82) is 5.26 Å². The molecule has 2 unspecified atom stereocenters. The minimum Gasteiger partial charge on any atom is -0.390 e. The van der Waals surface area contributed by atoms with E-state index in [1.165, 1.54) is 10.9 Å². The predicted molar refractivity (Wildman–Crippen MR) is 107 cm³/mol. The van der Waals surface area contributed by atoms with Gasteiger partial charge in [-0.05, 0) is 0 Å². The van der Waals surface area contributed by atoms with Crippen molar-refractivity contribution in [2.45, 2.75) is 24.9 Å². The summed E-state index contributed by atoms with van der Waals surface area (Å²) in [6.07, 6.45) is -0.982. The second-order valence-corrected chi connectivity index (χ2v) is 10.7. The molecular weight excluding hydrogens is 528 g/mol. The number of phosphoric acid groups is 3. The molecule has 34 heavy (non-hydrogen) atoms. The van der Waals surface area contributed by atoms with Gasteiger partial charge in [0.15, 0.2) is 17.4 Å². The molecule has 2 aromatic rings. The van der Waals surface area contributed by atoms with Crippen LogP contribution < -0.4 is 10.9 Å². The number of fused-ring (bicyclic) bond motifs is 1. The molecule has 0 bridgehead atoms. The van der Waals surface area contributed by atoms with Crippen molar-refractivity contribution in [3.05, 3.63) is 16.7 Å². The van der Waals surface area contributed by atoms with Crippen LogP contribution in [0.5, 0.6) is 0 Å². The maximum atomic E-state index is 12.0. The highest BCUT2D eigenvalue weighted by atomic mass is 31.3. The van der Waals surface area contributed by atoms with Gasteiger partial charge in [-0.2, -0.15) is 18.9 Å². The van der Waals surface area contributed by atoms with Crippen LogP contribution >= 0.6 is 23.5 Å². The number of aromatic amines is 1. The lowest BCUT2D eigenvalue weighted by Gasteiger charge is -2.19. The number of nitriles is 1. The van der Waals surface area contributed by atoms with E-state index in [-0.39, 0.29) is 31.9 Å². The van der Waals surface area contributed by atoms with Gasteiger partial charge in [-0.1, -0.05) is 0 Å². The third-order valence-electron chi connectivity index (χ3n) is 3.94. The number of imidazole rings is 1. The Bertz CT molecular complexity index is 1290. The van der Waals surface area contributed by atoms with Gasteiger partial charge in [-0.25, -0.2) is 18.7 Å². The first-order valence-electron chi connectivity index (χ1n) is 8.43. The molecule has 185 valence electrons. The average Bonchev–Trinajstić information content (AvgIpc) is 3.21. The Morgan fingerprint density at radius 2 is 1.94 bits per heavy atom. The van der Waals surface area contributed by atoms with Crippen molar-refractivity contribution in [3.8, 4) is 6.19 Å². The number of anilines is 1. The van der Waals surface area contributed by atoms with Gasteiger partial charge >= 0.3 is 23.5 Å². The maximum absolute atomic E-state index is 12.0. The van der Waals surface area contributed by atoms with Gasteiger partial charge in [0.2, 0.25) is 5.95 Å². The van der Waals surface area contributed by atoms with Crippen molar-refractivity contribution in [2.75, 3.05) is 11.9 Å². The summed E-state index contributed by atoms with van der Waals surface area (Å²) >= 11 is 0. The van der Waals surface area contributed by atoms with Crippen molar-refractivity contribution >= 4 is 49.0 Å². The number of aromatic nitrogens is 4. The minimum atomic E-state index is -5.69. The average molecular weight is 543 g/mol. The number of rotatable bonds is 9. The first-order chi connectivity index (χ1) is 15.2. The lowest BCUT2D eigenvalue weighted by molar-refractivity contribution is -0.0423. The Morgan fingerprint density at radius 1 is 1.26 bits per heavy atom. The van der Waals surface area contributed by atoms with Crippen molar-refractivity contribution in [1.82, 2.24) is 19.5 Å². The lowest BCUT2D eigenvalue weighted by Crippen LogP contribution is -2.26. The van der Waals surface area contributed by atoms with E-state index in [0.717, 1.165) is 0 Å². The fourth-order valence-corrected chi connectivity index (χ4v) is 5.79. The maximum Gasteiger partial charge on any atom is 0.490 e. The molecule has 1 aliphatic heterocycles. The number of nitrogens with zero attached hydrogens (tertiary/aromatic N) is 4. The largest absolute Gasteiger partial charge is 0.490 e. The number of nitrogens with one attached hydrogen (secondary N) is 2. The molecule has 1 fully saturated rings. The van der Waals surface area contributed by atoms with Crippen LogP contribution in [0.2, 0.25) is 0 Å². The van der Waals surface area contributed by atoms with Crippen LogP contribution in [0.15, 0.2) is 11.1 Å². The van der Waals surface area contributed by atoms with Crippen LogP contribution in [-0.2, 0) is 31.6 Å². The quantitative estimate of drug-likeness (QED) is 0.0830. The van der Waals surface area contributed by atoms with Crippen molar-refractivity contribution in [3.63, 3.8) is 0 Å². The summed E-state index contributed by atoms with van der Waals surface area (Å²) in [5.74, 6) is -0.181. The molecule has 3 heterocycles. The molecule has 0 aliphatic carbocycles. The fourth-order valence-electron chi connectivity index (χ4n) is 2.76. The summed E-state index contributed by atoms with van der Waals surface area (Å²) in [4.78, 5) is 57.9. The highest BCUT2D eigenvalue weighted by molar-refractivity contribution is 7.66. The third kappa shape index (κ3) is 7.03. The number of aliphatic hydroxyl groups excluding tert-OH is 1. The molecule has 0 amide bonds. The van der Waals surface area contributed by atoms with Crippen molar-refractivity contribution < 1.29 is 56.3 Å². The van der Waals surface area contributed by atoms with Crippen LogP contribution in [-0.4, -0.2) is 71.4 Å². The fraction of sp³-hybridized carbons (Fsp3) is 0.455. The topological polar surface area (TPSA) is 289 Å². The Kier molecular flexibility index (Phi) is 8.60. The molecule has 2 aromatic heterocycles. The molecule has 0 spiro atoms.